The maximum atomic E-state index is 12.2. The molecule has 144 valence electrons. The zero-order valence-electron chi connectivity index (χ0n) is 16.1. The Morgan fingerprint density at radius 3 is 2.71 bits per heavy atom. The number of hydrogen-bond donors (Lipinski definition) is 4. The van der Waals surface area contributed by atoms with Crippen molar-refractivity contribution in [1.29, 1.82) is 0 Å². The van der Waals surface area contributed by atoms with Crippen molar-refractivity contribution in [2.75, 3.05) is 24.8 Å². The molecule has 2 heterocycles. The van der Waals surface area contributed by atoms with Gasteiger partial charge < -0.3 is 25.7 Å². The van der Waals surface area contributed by atoms with E-state index in [1.54, 1.807) is 26.3 Å². The number of hydrogen-bond acceptors (Lipinski definition) is 4. The van der Waals surface area contributed by atoms with Gasteiger partial charge in [-0.2, -0.15) is 0 Å². The zero-order valence-corrected chi connectivity index (χ0v) is 16.1. The highest BCUT2D eigenvalue weighted by atomic mass is 16.5. The molecule has 8 heteroatoms. The first kappa shape index (κ1) is 17.8. The molecule has 0 radical (unpaired) electrons. The molecule has 1 aromatic heterocycles. The Bertz CT molecular complexity index is 1120. The lowest BCUT2D eigenvalue weighted by molar-refractivity contribution is -0.119. The monoisotopic (exact) mass is 379 g/mol. The fourth-order valence-corrected chi connectivity index (χ4v) is 3.36. The Kier molecular flexibility index (Phi) is 3.99. The van der Waals surface area contributed by atoms with E-state index in [1.165, 1.54) is 0 Å². The molecule has 0 aliphatic carbocycles. The number of nitrogens with zero attached hydrogens (tertiary/aromatic N) is 1. The summed E-state index contributed by atoms with van der Waals surface area (Å²) in [6.45, 7) is 3.80. The Balaban J connectivity index is 1.76. The van der Waals surface area contributed by atoms with E-state index in [0.29, 0.717) is 17.3 Å². The molecule has 0 bridgehead atoms. The molecule has 1 aliphatic rings. The lowest BCUT2D eigenvalue weighted by Gasteiger charge is -2.14. The molecule has 0 unspecified atom stereocenters. The molecule has 2 aromatic carbocycles. The maximum absolute atomic E-state index is 12.2. The minimum atomic E-state index is -0.590. The van der Waals surface area contributed by atoms with Crippen molar-refractivity contribution in [3.05, 3.63) is 35.9 Å². The minimum absolute atomic E-state index is 0.0174. The quantitative estimate of drug-likeness (QED) is 0.560. The number of amides is 3. The van der Waals surface area contributed by atoms with Gasteiger partial charge in [0.2, 0.25) is 5.91 Å². The number of carbonyl (C=O) groups is 2. The standard InChI is InChI=1S/C20H21N5O3/c1-20(2)12-8-14-15(9-13(12)25-18(20)26)24-17(23-14)11-6-5-10(7-16(11)28-4)22-19(27)21-3/h5-9H,1-4H3,(H,23,24)(H,25,26)(H2,21,22,27). The van der Waals surface area contributed by atoms with Crippen LogP contribution in [0.2, 0.25) is 0 Å². The first-order chi connectivity index (χ1) is 13.3. The molecule has 0 atom stereocenters. The van der Waals surface area contributed by atoms with Gasteiger partial charge in [-0.05, 0) is 43.7 Å². The molecule has 28 heavy (non-hydrogen) atoms. The van der Waals surface area contributed by atoms with Crippen molar-refractivity contribution >= 4 is 34.3 Å². The van der Waals surface area contributed by atoms with Crippen LogP contribution < -0.4 is 20.7 Å². The highest BCUT2D eigenvalue weighted by Crippen LogP contribution is 2.40. The van der Waals surface area contributed by atoms with Gasteiger partial charge in [0.15, 0.2) is 0 Å². The van der Waals surface area contributed by atoms with E-state index in [-0.39, 0.29) is 11.9 Å². The summed E-state index contributed by atoms with van der Waals surface area (Å²) in [6.07, 6.45) is 0. The maximum Gasteiger partial charge on any atom is 0.318 e. The highest BCUT2D eigenvalue weighted by Gasteiger charge is 2.38. The van der Waals surface area contributed by atoms with E-state index in [1.807, 2.05) is 32.0 Å². The second-order valence-corrected chi connectivity index (χ2v) is 7.20. The third kappa shape index (κ3) is 2.74. The Labute approximate surface area is 161 Å². The van der Waals surface area contributed by atoms with Gasteiger partial charge >= 0.3 is 6.03 Å². The number of rotatable bonds is 3. The minimum Gasteiger partial charge on any atom is -0.496 e. The smallest absolute Gasteiger partial charge is 0.318 e. The molecule has 3 amide bonds. The van der Waals surface area contributed by atoms with Crippen molar-refractivity contribution in [2.24, 2.45) is 0 Å². The molecule has 4 N–H and O–H groups in total. The first-order valence-corrected chi connectivity index (χ1v) is 8.86. The molecular weight excluding hydrogens is 358 g/mol. The van der Waals surface area contributed by atoms with Crippen LogP contribution in [0, 0.1) is 0 Å². The fraction of sp³-hybridized carbons (Fsp3) is 0.250. The summed E-state index contributed by atoms with van der Waals surface area (Å²) in [4.78, 5) is 31.7. The number of methoxy groups -OCH3 is 1. The van der Waals surface area contributed by atoms with Crippen LogP contribution in [0.25, 0.3) is 22.4 Å². The van der Waals surface area contributed by atoms with Gasteiger partial charge in [0.25, 0.3) is 0 Å². The molecule has 3 aromatic rings. The Morgan fingerprint density at radius 2 is 2.00 bits per heavy atom. The van der Waals surface area contributed by atoms with Crippen LogP contribution >= 0.6 is 0 Å². The summed E-state index contributed by atoms with van der Waals surface area (Å²) in [7, 11) is 3.12. The predicted molar refractivity (Wildman–Crippen MR) is 108 cm³/mol. The average molecular weight is 379 g/mol. The second-order valence-electron chi connectivity index (χ2n) is 7.20. The molecule has 1 aliphatic heterocycles. The summed E-state index contributed by atoms with van der Waals surface area (Å²) < 4.78 is 5.49. The van der Waals surface area contributed by atoms with Crippen LogP contribution in [-0.2, 0) is 10.2 Å². The number of aromatic nitrogens is 2. The number of fused-ring (bicyclic) bond motifs is 2. The lowest BCUT2D eigenvalue weighted by atomic mass is 9.86. The van der Waals surface area contributed by atoms with Crippen LogP contribution in [0.4, 0.5) is 16.2 Å². The number of urea groups is 1. The lowest BCUT2D eigenvalue weighted by Crippen LogP contribution is -2.26. The molecule has 0 saturated heterocycles. The van der Waals surface area contributed by atoms with E-state index in [0.717, 1.165) is 27.8 Å². The SMILES string of the molecule is CNC(=O)Nc1ccc(-c2nc3cc4c(cc3[nH]2)NC(=O)C4(C)C)c(OC)c1. The molecule has 4 rings (SSSR count). The number of aromatic amines is 1. The van der Waals surface area contributed by atoms with Crippen molar-refractivity contribution in [3.63, 3.8) is 0 Å². The van der Waals surface area contributed by atoms with E-state index in [9.17, 15) is 9.59 Å². The summed E-state index contributed by atoms with van der Waals surface area (Å²) in [5, 5.41) is 8.15. The van der Waals surface area contributed by atoms with Crippen molar-refractivity contribution < 1.29 is 14.3 Å². The van der Waals surface area contributed by atoms with Crippen LogP contribution in [0.5, 0.6) is 5.75 Å². The first-order valence-electron chi connectivity index (χ1n) is 8.86. The van der Waals surface area contributed by atoms with E-state index in [4.69, 9.17) is 9.72 Å². The number of benzene rings is 2. The summed E-state index contributed by atoms with van der Waals surface area (Å²) in [5.74, 6) is 1.21. The van der Waals surface area contributed by atoms with Gasteiger partial charge in [-0.3, -0.25) is 4.79 Å². The Hall–Kier alpha value is -3.55. The van der Waals surface area contributed by atoms with E-state index >= 15 is 0 Å². The van der Waals surface area contributed by atoms with Crippen molar-refractivity contribution in [2.45, 2.75) is 19.3 Å². The normalized spacial score (nSPS) is 14.5. The van der Waals surface area contributed by atoms with Gasteiger partial charge in [0.05, 0.1) is 29.1 Å². The number of ether oxygens (including phenoxy) is 1. The summed E-state index contributed by atoms with van der Waals surface area (Å²) in [6, 6.07) is 8.89. The number of imidazole rings is 1. The summed E-state index contributed by atoms with van der Waals surface area (Å²) >= 11 is 0. The number of carbonyl (C=O) groups excluding carboxylic acids is 2. The van der Waals surface area contributed by atoms with E-state index < -0.39 is 5.41 Å². The molecule has 0 fully saturated rings. The number of nitrogens with one attached hydrogen (secondary N) is 4. The molecule has 0 spiro atoms. The van der Waals surface area contributed by atoms with Gasteiger partial charge in [-0.25, -0.2) is 9.78 Å². The Morgan fingerprint density at radius 1 is 1.21 bits per heavy atom. The molecule has 0 saturated carbocycles. The zero-order chi connectivity index (χ0) is 20.1. The fourth-order valence-electron chi connectivity index (χ4n) is 3.36. The van der Waals surface area contributed by atoms with Gasteiger partial charge in [0.1, 0.15) is 11.6 Å². The van der Waals surface area contributed by atoms with Crippen LogP contribution in [-0.4, -0.2) is 36.1 Å². The third-order valence-corrected chi connectivity index (χ3v) is 5.05. The highest BCUT2D eigenvalue weighted by molar-refractivity contribution is 6.07. The predicted octanol–water partition coefficient (Wildman–Crippen LogP) is 3.22. The average Bonchev–Trinajstić information content (AvgIpc) is 3.18. The van der Waals surface area contributed by atoms with Crippen LogP contribution in [0.15, 0.2) is 30.3 Å². The van der Waals surface area contributed by atoms with Crippen molar-refractivity contribution in [1.82, 2.24) is 15.3 Å². The van der Waals surface area contributed by atoms with Crippen LogP contribution in [0.3, 0.4) is 0 Å². The van der Waals surface area contributed by atoms with Crippen LogP contribution in [0.1, 0.15) is 19.4 Å². The number of H-pyrrole nitrogens is 1. The van der Waals surface area contributed by atoms with Crippen molar-refractivity contribution in [3.8, 4) is 17.1 Å². The number of anilines is 2. The second kappa shape index (κ2) is 6.26. The van der Waals surface area contributed by atoms with Gasteiger partial charge in [-0.1, -0.05) is 0 Å². The topological polar surface area (TPSA) is 108 Å². The largest absolute Gasteiger partial charge is 0.496 e. The van der Waals surface area contributed by atoms with E-state index in [2.05, 4.69) is 20.9 Å². The van der Waals surface area contributed by atoms with Gasteiger partial charge in [-0.15, -0.1) is 0 Å². The summed E-state index contributed by atoms with van der Waals surface area (Å²) in [5.41, 5.74) is 4.11. The molecule has 8 nitrogen and oxygen atoms in total. The third-order valence-electron chi connectivity index (χ3n) is 5.05. The van der Waals surface area contributed by atoms with Gasteiger partial charge in [0, 0.05) is 24.5 Å². The molecular formula is C20H21N5O3.